The monoisotopic (exact) mass is 294 g/mol. The van der Waals surface area contributed by atoms with Crippen molar-refractivity contribution in [3.05, 3.63) is 47.2 Å². The van der Waals surface area contributed by atoms with Gasteiger partial charge in [-0.2, -0.15) is 0 Å². The summed E-state index contributed by atoms with van der Waals surface area (Å²) in [5.41, 5.74) is 5.74. The Balaban J connectivity index is 1.69. The van der Waals surface area contributed by atoms with Crippen LogP contribution in [0, 0.1) is 11.8 Å². The first-order valence-electron chi connectivity index (χ1n) is 8.43. The van der Waals surface area contributed by atoms with Crippen molar-refractivity contribution in [2.75, 3.05) is 13.2 Å². The van der Waals surface area contributed by atoms with E-state index in [2.05, 4.69) is 47.1 Å². The highest BCUT2D eigenvalue weighted by molar-refractivity contribution is 5.85. The first-order valence-corrected chi connectivity index (χ1v) is 8.43. The number of allylic oxidation sites excluding steroid dienone is 1. The van der Waals surface area contributed by atoms with Crippen LogP contribution in [0.1, 0.15) is 30.6 Å². The molecule has 114 valence electrons. The van der Waals surface area contributed by atoms with Gasteiger partial charge in [0.2, 0.25) is 0 Å². The highest BCUT2D eigenvalue weighted by atomic mass is 16.3. The molecule has 4 aliphatic rings. The van der Waals surface area contributed by atoms with Crippen molar-refractivity contribution in [1.82, 2.24) is 9.88 Å². The lowest BCUT2D eigenvalue weighted by atomic mass is 9.64. The first-order chi connectivity index (χ1) is 10.8. The number of nitrogens with zero attached hydrogens (tertiary/aromatic N) is 1. The summed E-state index contributed by atoms with van der Waals surface area (Å²) in [6, 6.07) is 9.68. The van der Waals surface area contributed by atoms with Gasteiger partial charge in [-0.05, 0) is 37.3 Å². The summed E-state index contributed by atoms with van der Waals surface area (Å²) < 4.78 is 0. The lowest BCUT2D eigenvalue weighted by Crippen LogP contribution is -2.60. The Hall–Kier alpha value is -1.58. The van der Waals surface area contributed by atoms with E-state index in [1.807, 2.05) is 0 Å². The highest BCUT2D eigenvalue weighted by Crippen LogP contribution is 2.53. The van der Waals surface area contributed by atoms with Gasteiger partial charge in [-0.15, -0.1) is 0 Å². The van der Waals surface area contributed by atoms with Crippen LogP contribution in [0.5, 0.6) is 0 Å². The predicted molar refractivity (Wildman–Crippen MR) is 87.7 cm³/mol. The Kier molecular flexibility index (Phi) is 2.62. The molecule has 0 amide bonds. The summed E-state index contributed by atoms with van der Waals surface area (Å²) in [4.78, 5) is 6.35. The molecule has 5 atom stereocenters. The molecular weight excluding hydrogens is 272 g/mol. The molecule has 2 unspecified atom stereocenters. The number of benzene rings is 1. The number of hydrogen-bond acceptors (Lipinski definition) is 2. The quantitative estimate of drug-likeness (QED) is 0.794. The van der Waals surface area contributed by atoms with Gasteiger partial charge in [-0.1, -0.05) is 29.8 Å². The van der Waals surface area contributed by atoms with E-state index in [9.17, 15) is 5.11 Å². The highest BCUT2D eigenvalue weighted by Gasteiger charge is 2.52. The molecule has 0 radical (unpaired) electrons. The molecule has 0 aliphatic carbocycles. The average Bonchev–Trinajstić information content (AvgIpc) is 2.93. The van der Waals surface area contributed by atoms with E-state index in [-0.39, 0.29) is 0 Å². The number of hydrogen-bond donors (Lipinski definition) is 2. The van der Waals surface area contributed by atoms with Gasteiger partial charge in [-0.3, -0.25) is 4.90 Å². The van der Waals surface area contributed by atoms with Gasteiger partial charge >= 0.3 is 0 Å². The molecule has 1 aromatic heterocycles. The molecule has 3 heteroatoms. The van der Waals surface area contributed by atoms with Crippen molar-refractivity contribution in [3.8, 4) is 0 Å². The van der Waals surface area contributed by atoms with Crippen LogP contribution < -0.4 is 0 Å². The number of piperidine rings is 3. The maximum absolute atomic E-state index is 9.99. The molecule has 1 aromatic carbocycles. The zero-order chi connectivity index (χ0) is 14.8. The summed E-state index contributed by atoms with van der Waals surface area (Å²) in [6.07, 6.45) is 4.51. The minimum absolute atomic E-state index is 0.313. The van der Waals surface area contributed by atoms with Gasteiger partial charge in [0.15, 0.2) is 0 Å². The van der Waals surface area contributed by atoms with E-state index in [4.69, 9.17) is 0 Å². The number of fused-ring (bicyclic) bond motifs is 4. The third-order valence-electron chi connectivity index (χ3n) is 6.33. The van der Waals surface area contributed by atoms with E-state index in [1.165, 1.54) is 27.7 Å². The Labute approximate surface area is 130 Å². The second-order valence-corrected chi connectivity index (χ2v) is 7.07. The summed E-state index contributed by atoms with van der Waals surface area (Å²) >= 11 is 0. The van der Waals surface area contributed by atoms with Crippen LogP contribution in [0.15, 0.2) is 35.9 Å². The average molecular weight is 294 g/mol. The Bertz CT molecular complexity index is 775. The maximum atomic E-state index is 9.99. The molecule has 3 fully saturated rings. The summed E-state index contributed by atoms with van der Waals surface area (Å²) in [5.74, 6) is 0.965. The number of aromatic nitrogens is 1. The molecule has 0 saturated carbocycles. The minimum Gasteiger partial charge on any atom is -0.396 e. The standard InChI is InChI=1S/C19H22N2O/c1-2-11-9-21-17-8-14-12-5-3-4-6-16(12)20-19(14)18(21)7-13(11)15(17)10-22/h2-6,13,15,17-18,20,22H,7-10H2,1H3/b11-2-/t13-,15?,17-,18-/m0/s1. The van der Waals surface area contributed by atoms with Crippen molar-refractivity contribution in [2.45, 2.75) is 31.8 Å². The molecule has 3 nitrogen and oxygen atoms in total. The molecule has 2 N–H and O–H groups in total. The van der Waals surface area contributed by atoms with E-state index < -0.39 is 0 Å². The van der Waals surface area contributed by atoms with Gasteiger partial charge in [0.1, 0.15) is 0 Å². The normalized spacial score (nSPS) is 37.7. The van der Waals surface area contributed by atoms with Crippen molar-refractivity contribution < 1.29 is 5.11 Å². The third-order valence-corrected chi connectivity index (χ3v) is 6.33. The maximum Gasteiger partial charge on any atom is 0.0514 e. The van der Waals surface area contributed by atoms with Gasteiger partial charge in [0.05, 0.1) is 6.04 Å². The molecule has 4 aliphatic heterocycles. The second-order valence-electron chi connectivity index (χ2n) is 7.07. The Morgan fingerprint density at radius 2 is 2.23 bits per heavy atom. The van der Waals surface area contributed by atoms with Crippen molar-refractivity contribution >= 4 is 10.9 Å². The molecule has 6 rings (SSSR count). The van der Waals surface area contributed by atoms with E-state index in [0.717, 1.165) is 19.4 Å². The summed E-state index contributed by atoms with van der Waals surface area (Å²) in [7, 11) is 0. The molecule has 22 heavy (non-hydrogen) atoms. The molecule has 3 saturated heterocycles. The summed E-state index contributed by atoms with van der Waals surface area (Å²) in [5, 5.41) is 11.4. The van der Waals surface area contributed by atoms with Crippen molar-refractivity contribution in [1.29, 1.82) is 0 Å². The smallest absolute Gasteiger partial charge is 0.0514 e. The van der Waals surface area contributed by atoms with Gasteiger partial charge in [0, 0.05) is 41.7 Å². The van der Waals surface area contributed by atoms with Crippen LogP contribution in [0.3, 0.4) is 0 Å². The fourth-order valence-corrected chi connectivity index (χ4v) is 5.32. The molecule has 4 bridgehead atoms. The van der Waals surface area contributed by atoms with Crippen LogP contribution in [-0.4, -0.2) is 34.2 Å². The number of nitrogens with one attached hydrogen (secondary N) is 1. The number of rotatable bonds is 1. The molecule has 0 spiro atoms. The van der Waals surface area contributed by atoms with Crippen LogP contribution in [0.4, 0.5) is 0 Å². The number of aliphatic hydroxyl groups excluding tert-OH is 1. The van der Waals surface area contributed by atoms with Crippen molar-refractivity contribution in [2.24, 2.45) is 11.8 Å². The van der Waals surface area contributed by atoms with Gasteiger partial charge in [0.25, 0.3) is 0 Å². The number of H-pyrrole nitrogens is 1. The number of aromatic amines is 1. The minimum atomic E-state index is 0.313. The number of aliphatic hydroxyl groups is 1. The largest absolute Gasteiger partial charge is 0.396 e. The SMILES string of the molecule is C/C=C1/CN2[C@H]3C[C@@H]1C(CO)[C@@H]2Cc1c3[nH]c2ccccc12. The topological polar surface area (TPSA) is 39.3 Å². The van der Waals surface area contributed by atoms with E-state index in [1.54, 1.807) is 0 Å². The second kappa shape index (κ2) is 4.46. The van der Waals surface area contributed by atoms with Crippen LogP contribution in [0.2, 0.25) is 0 Å². The predicted octanol–water partition coefficient (Wildman–Crippen LogP) is 3.02. The lowest BCUT2D eigenvalue weighted by molar-refractivity contribution is -0.0503. The molecular formula is C19H22N2O. The van der Waals surface area contributed by atoms with Crippen molar-refractivity contribution in [3.63, 3.8) is 0 Å². The summed E-state index contributed by atoms with van der Waals surface area (Å²) in [6.45, 7) is 3.55. The zero-order valence-corrected chi connectivity index (χ0v) is 12.9. The lowest BCUT2D eigenvalue weighted by Gasteiger charge is -2.58. The fraction of sp³-hybridized carbons (Fsp3) is 0.474. The molecule has 2 aromatic rings. The van der Waals surface area contributed by atoms with Crippen LogP contribution >= 0.6 is 0 Å². The third kappa shape index (κ3) is 1.48. The molecule has 5 heterocycles. The Morgan fingerprint density at radius 3 is 3.05 bits per heavy atom. The van der Waals surface area contributed by atoms with E-state index >= 15 is 0 Å². The van der Waals surface area contributed by atoms with Gasteiger partial charge in [-0.25, -0.2) is 0 Å². The van der Waals surface area contributed by atoms with Crippen LogP contribution in [0.25, 0.3) is 10.9 Å². The first kappa shape index (κ1) is 12.9. The van der Waals surface area contributed by atoms with Crippen LogP contribution in [-0.2, 0) is 6.42 Å². The zero-order valence-electron chi connectivity index (χ0n) is 12.9. The number of para-hydroxylation sites is 1. The fourth-order valence-electron chi connectivity index (χ4n) is 5.32. The van der Waals surface area contributed by atoms with Gasteiger partial charge < -0.3 is 10.1 Å². The van der Waals surface area contributed by atoms with E-state index in [0.29, 0.717) is 30.5 Å². The Morgan fingerprint density at radius 1 is 1.36 bits per heavy atom.